The van der Waals surface area contributed by atoms with Crippen molar-refractivity contribution in [1.29, 1.82) is 0 Å². The minimum Gasteiger partial charge on any atom is -0.383 e. The lowest BCUT2D eigenvalue weighted by Gasteiger charge is -2.15. The fourth-order valence-electron chi connectivity index (χ4n) is 1.61. The van der Waals surface area contributed by atoms with Gasteiger partial charge in [-0.3, -0.25) is 4.99 Å². The first-order valence-electron chi connectivity index (χ1n) is 6.22. The van der Waals surface area contributed by atoms with Gasteiger partial charge in [-0.1, -0.05) is 13.0 Å². The molecule has 0 aliphatic carbocycles. The summed E-state index contributed by atoms with van der Waals surface area (Å²) in [7, 11) is 3.48. The highest BCUT2D eigenvalue weighted by molar-refractivity contribution is 14.0. The molecule has 110 valence electrons. The third-order valence-corrected chi connectivity index (χ3v) is 3.47. The number of halogens is 1. The lowest BCUT2D eigenvalue weighted by atomic mass is 10.1. The monoisotopic (exact) mass is 397 g/mol. The summed E-state index contributed by atoms with van der Waals surface area (Å²) in [6.45, 7) is 4.63. The molecule has 4 nitrogen and oxygen atoms in total. The van der Waals surface area contributed by atoms with Gasteiger partial charge in [-0.15, -0.1) is 35.3 Å². The summed E-state index contributed by atoms with van der Waals surface area (Å²) >= 11 is 1.82. The van der Waals surface area contributed by atoms with Crippen molar-refractivity contribution >= 4 is 41.3 Å². The van der Waals surface area contributed by atoms with E-state index in [-0.39, 0.29) is 24.0 Å². The molecule has 0 saturated carbocycles. The van der Waals surface area contributed by atoms with E-state index < -0.39 is 0 Å². The zero-order valence-corrected chi connectivity index (χ0v) is 15.0. The Morgan fingerprint density at radius 2 is 2.26 bits per heavy atom. The number of methoxy groups -OCH3 is 1. The number of guanidine groups is 1. The molecule has 0 bridgehead atoms. The number of nitrogens with zero attached hydrogens (tertiary/aromatic N) is 1. The van der Waals surface area contributed by atoms with E-state index in [1.807, 2.05) is 11.3 Å². The minimum atomic E-state index is 0. The maximum Gasteiger partial charge on any atom is 0.191 e. The van der Waals surface area contributed by atoms with Crippen LogP contribution in [0.1, 0.15) is 11.8 Å². The van der Waals surface area contributed by atoms with Crippen LogP contribution < -0.4 is 10.6 Å². The van der Waals surface area contributed by atoms with Crippen molar-refractivity contribution in [3.05, 3.63) is 22.4 Å². The lowest BCUT2D eigenvalue weighted by molar-refractivity contribution is 0.203. The standard InChI is InChI=1S/C13H23N3OS.HI/c1-11(9-12-5-4-8-18-12)10-16-13(14-2)15-6-7-17-3;/h4-5,8,11H,6-7,9-10H2,1-3H3,(H2,14,15,16);1H. The number of hydrogen-bond acceptors (Lipinski definition) is 3. The normalized spacial score (nSPS) is 12.7. The van der Waals surface area contributed by atoms with Gasteiger partial charge in [0.15, 0.2) is 5.96 Å². The fourth-order valence-corrected chi connectivity index (χ4v) is 2.48. The number of ether oxygens (including phenoxy) is 1. The molecule has 0 amide bonds. The lowest BCUT2D eigenvalue weighted by Crippen LogP contribution is -2.40. The van der Waals surface area contributed by atoms with Gasteiger partial charge in [-0.2, -0.15) is 0 Å². The molecule has 0 spiro atoms. The van der Waals surface area contributed by atoms with Gasteiger partial charge in [-0.25, -0.2) is 0 Å². The Kier molecular flexibility index (Phi) is 11.3. The molecule has 6 heteroatoms. The van der Waals surface area contributed by atoms with Crippen LogP contribution in [0.25, 0.3) is 0 Å². The van der Waals surface area contributed by atoms with E-state index in [1.54, 1.807) is 14.2 Å². The number of hydrogen-bond donors (Lipinski definition) is 2. The van der Waals surface area contributed by atoms with E-state index in [9.17, 15) is 0 Å². The van der Waals surface area contributed by atoms with E-state index in [2.05, 4.69) is 40.1 Å². The molecular formula is C13H24IN3OS. The van der Waals surface area contributed by atoms with Gasteiger partial charge in [-0.05, 0) is 23.8 Å². The molecule has 0 aromatic carbocycles. The van der Waals surface area contributed by atoms with Crippen molar-refractivity contribution in [1.82, 2.24) is 10.6 Å². The van der Waals surface area contributed by atoms with Crippen LogP contribution in [-0.2, 0) is 11.2 Å². The Morgan fingerprint density at radius 3 is 2.84 bits per heavy atom. The average Bonchev–Trinajstić information content (AvgIpc) is 2.86. The van der Waals surface area contributed by atoms with Crippen molar-refractivity contribution in [3.63, 3.8) is 0 Å². The minimum absolute atomic E-state index is 0. The second kappa shape index (κ2) is 11.5. The number of nitrogens with one attached hydrogen (secondary N) is 2. The highest BCUT2D eigenvalue weighted by Gasteiger charge is 2.05. The quantitative estimate of drug-likeness (QED) is 0.321. The van der Waals surface area contributed by atoms with Gasteiger partial charge in [0.25, 0.3) is 0 Å². The first-order chi connectivity index (χ1) is 8.76. The van der Waals surface area contributed by atoms with Gasteiger partial charge in [0.05, 0.1) is 6.61 Å². The molecule has 0 fully saturated rings. The summed E-state index contributed by atoms with van der Waals surface area (Å²) in [4.78, 5) is 5.61. The molecule has 1 rings (SSSR count). The maximum atomic E-state index is 4.99. The molecule has 0 aliphatic rings. The van der Waals surface area contributed by atoms with Crippen LogP contribution in [0.15, 0.2) is 22.5 Å². The van der Waals surface area contributed by atoms with Gasteiger partial charge < -0.3 is 15.4 Å². The predicted octanol–water partition coefficient (Wildman–Crippen LogP) is 2.36. The van der Waals surface area contributed by atoms with E-state index in [0.29, 0.717) is 12.5 Å². The van der Waals surface area contributed by atoms with Crippen molar-refractivity contribution in [2.75, 3.05) is 33.9 Å². The van der Waals surface area contributed by atoms with Crippen LogP contribution in [0.4, 0.5) is 0 Å². The smallest absolute Gasteiger partial charge is 0.191 e. The molecule has 1 heterocycles. The number of rotatable bonds is 7. The third kappa shape index (κ3) is 8.43. The van der Waals surface area contributed by atoms with Crippen LogP contribution in [-0.4, -0.2) is 39.8 Å². The fraction of sp³-hybridized carbons (Fsp3) is 0.615. The maximum absolute atomic E-state index is 4.99. The SMILES string of the molecule is CN=C(NCCOC)NCC(C)Cc1cccs1.I. The molecule has 1 unspecified atom stereocenters. The first kappa shape index (κ1) is 18.7. The summed E-state index contributed by atoms with van der Waals surface area (Å²) < 4.78 is 4.99. The summed E-state index contributed by atoms with van der Waals surface area (Å²) in [5.74, 6) is 1.43. The van der Waals surface area contributed by atoms with Gasteiger partial charge in [0.1, 0.15) is 0 Å². The summed E-state index contributed by atoms with van der Waals surface area (Å²) in [5, 5.41) is 8.66. The second-order valence-corrected chi connectivity index (χ2v) is 5.29. The van der Waals surface area contributed by atoms with Crippen molar-refractivity contribution in [3.8, 4) is 0 Å². The average molecular weight is 397 g/mol. The molecule has 1 atom stereocenters. The molecule has 0 aliphatic heterocycles. The van der Waals surface area contributed by atoms with Crippen molar-refractivity contribution in [2.24, 2.45) is 10.9 Å². The molecule has 2 N–H and O–H groups in total. The topological polar surface area (TPSA) is 45.7 Å². The van der Waals surface area contributed by atoms with Crippen LogP contribution in [0.3, 0.4) is 0 Å². The molecular weight excluding hydrogens is 373 g/mol. The number of aliphatic imine (C=N–C) groups is 1. The Hall–Kier alpha value is -0.340. The highest BCUT2D eigenvalue weighted by Crippen LogP contribution is 2.13. The highest BCUT2D eigenvalue weighted by atomic mass is 127. The van der Waals surface area contributed by atoms with E-state index >= 15 is 0 Å². The van der Waals surface area contributed by atoms with E-state index in [0.717, 1.165) is 25.5 Å². The Labute approximate surface area is 137 Å². The van der Waals surface area contributed by atoms with E-state index in [1.165, 1.54) is 4.88 Å². The van der Waals surface area contributed by atoms with Crippen LogP contribution in [0.2, 0.25) is 0 Å². The van der Waals surface area contributed by atoms with Crippen LogP contribution >= 0.6 is 35.3 Å². The van der Waals surface area contributed by atoms with E-state index in [4.69, 9.17) is 4.74 Å². The van der Waals surface area contributed by atoms with Crippen molar-refractivity contribution < 1.29 is 4.74 Å². The molecule has 0 saturated heterocycles. The summed E-state index contributed by atoms with van der Waals surface area (Å²) in [6.07, 6.45) is 1.11. The Morgan fingerprint density at radius 1 is 1.47 bits per heavy atom. The molecule has 19 heavy (non-hydrogen) atoms. The zero-order valence-electron chi connectivity index (χ0n) is 11.8. The summed E-state index contributed by atoms with van der Waals surface area (Å²) in [5.41, 5.74) is 0. The number of thiophene rings is 1. The zero-order chi connectivity index (χ0) is 13.2. The molecule has 0 radical (unpaired) electrons. The third-order valence-electron chi connectivity index (χ3n) is 2.57. The van der Waals surface area contributed by atoms with Crippen molar-refractivity contribution in [2.45, 2.75) is 13.3 Å². The first-order valence-corrected chi connectivity index (χ1v) is 7.10. The Bertz CT molecular complexity index is 344. The second-order valence-electron chi connectivity index (χ2n) is 4.26. The van der Waals surface area contributed by atoms with Crippen LogP contribution in [0.5, 0.6) is 0 Å². The van der Waals surface area contributed by atoms with Crippen LogP contribution in [0, 0.1) is 5.92 Å². The van der Waals surface area contributed by atoms with Gasteiger partial charge in [0.2, 0.25) is 0 Å². The largest absolute Gasteiger partial charge is 0.383 e. The van der Waals surface area contributed by atoms with Gasteiger partial charge >= 0.3 is 0 Å². The summed E-state index contributed by atoms with van der Waals surface area (Å²) in [6, 6.07) is 4.29. The molecule has 1 aromatic heterocycles. The molecule has 1 aromatic rings. The Balaban J connectivity index is 0.00000324. The predicted molar refractivity (Wildman–Crippen MR) is 93.8 cm³/mol. The van der Waals surface area contributed by atoms with Gasteiger partial charge in [0, 0.05) is 32.1 Å².